The van der Waals surface area contributed by atoms with E-state index in [1.54, 1.807) is 32.4 Å². The summed E-state index contributed by atoms with van der Waals surface area (Å²) >= 11 is 5.94. The highest BCUT2D eigenvalue weighted by atomic mass is 35.5. The number of nitrogens with zero attached hydrogens (tertiary/aromatic N) is 1. The highest BCUT2D eigenvalue weighted by Crippen LogP contribution is 2.21. The summed E-state index contributed by atoms with van der Waals surface area (Å²) in [6.45, 7) is 1.93. The monoisotopic (exact) mass is 254 g/mol. The van der Waals surface area contributed by atoms with Crippen LogP contribution in [0.4, 0.5) is 5.69 Å². The van der Waals surface area contributed by atoms with Gasteiger partial charge in [0.25, 0.3) is 0 Å². The van der Waals surface area contributed by atoms with Crippen molar-refractivity contribution in [2.24, 2.45) is 0 Å². The van der Waals surface area contributed by atoms with Crippen molar-refractivity contribution in [3.8, 4) is 6.07 Å². The normalized spacial score (nSPS) is 12.2. The number of nitrogens with one attached hydrogen (secondary N) is 1. The lowest BCUT2D eigenvalue weighted by Crippen LogP contribution is -2.33. The molecule has 17 heavy (non-hydrogen) atoms. The fourth-order valence-electron chi connectivity index (χ4n) is 1.53. The van der Waals surface area contributed by atoms with Crippen LogP contribution in [0.3, 0.4) is 0 Å². The minimum absolute atomic E-state index is 0.0333. The quantitative estimate of drug-likeness (QED) is 0.821. The van der Waals surface area contributed by atoms with Gasteiger partial charge in [0.15, 0.2) is 6.29 Å². The molecule has 0 radical (unpaired) electrons. The Kier molecular flexibility index (Phi) is 5.23. The Morgan fingerprint density at radius 2 is 2.00 bits per heavy atom. The SMILES string of the molecule is COC(OC)C(C)Nc1ccc(C#N)c(Cl)c1. The molecule has 1 rings (SSSR count). The molecule has 4 nitrogen and oxygen atoms in total. The van der Waals surface area contributed by atoms with Crippen molar-refractivity contribution >= 4 is 17.3 Å². The van der Waals surface area contributed by atoms with Gasteiger partial charge in [0.1, 0.15) is 6.07 Å². The summed E-state index contributed by atoms with van der Waals surface area (Å²) in [6, 6.07) is 7.15. The van der Waals surface area contributed by atoms with E-state index >= 15 is 0 Å². The van der Waals surface area contributed by atoms with Crippen LogP contribution < -0.4 is 5.32 Å². The van der Waals surface area contributed by atoms with Crippen molar-refractivity contribution in [1.29, 1.82) is 5.26 Å². The summed E-state index contributed by atoms with van der Waals surface area (Å²) < 4.78 is 10.3. The molecule has 0 saturated heterocycles. The molecule has 0 bridgehead atoms. The second-order valence-electron chi connectivity index (χ2n) is 3.58. The first kappa shape index (κ1) is 13.8. The molecule has 0 amide bonds. The van der Waals surface area contributed by atoms with E-state index in [4.69, 9.17) is 26.3 Å². The molecular weight excluding hydrogens is 240 g/mol. The fourth-order valence-corrected chi connectivity index (χ4v) is 1.75. The van der Waals surface area contributed by atoms with Gasteiger partial charge in [-0.05, 0) is 25.1 Å². The van der Waals surface area contributed by atoms with E-state index < -0.39 is 0 Å². The summed E-state index contributed by atoms with van der Waals surface area (Å²) in [5.41, 5.74) is 1.28. The van der Waals surface area contributed by atoms with Crippen molar-refractivity contribution < 1.29 is 9.47 Å². The lowest BCUT2D eigenvalue weighted by Gasteiger charge is -2.23. The smallest absolute Gasteiger partial charge is 0.176 e. The molecule has 5 heteroatoms. The van der Waals surface area contributed by atoms with E-state index in [1.807, 2.05) is 13.0 Å². The molecule has 0 aliphatic carbocycles. The lowest BCUT2D eigenvalue weighted by atomic mass is 10.2. The van der Waals surface area contributed by atoms with Crippen LogP contribution in [-0.4, -0.2) is 26.6 Å². The number of hydrogen-bond acceptors (Lipinski definition) is 4. The minimum atomic E-state index is -0.343. The second-order valence-corrected chi connectivity index (χ2v) is 3.99. The number of anilines is 1. The van der Waals surface area contributed by atoms with Crippen molar-refractivity contribution in [1.82, 2.24) is 0 Å². The van der Waals surface area contributed by atoms with E-state index in [-0.39, 0.29) is 12.3 Å². The van der Waals surface area contributed by atoms with Crippen LogP contribution >= 0.6 is 11.6 Å². The summed E-state index contributed by atoms with van der Waals surface area (Å²) in [5.74, 6) is 0. The number of rotatable bonds is 5. The molecule has 0 spiro atoms. The molecule has 1 N–H and O–H groups in total. The molecule has 1 aromatic carbocycles. The fraction of sp³-hybridized carbons (Fsp3) is 0.417. The molecule has 0 saturated carbocycles. The van der Waals surface area contributed by atoms with Gasteiger partial charge in [-0.3, -0.25) is 0 Å². The number of ether oxygens (including phenoxy) is 2. The zero-order chi connectivity index (χ0) is 12.8. The number of benzene rings is 1. The van der Waals surface area contributed by atoms with Crippen molar-refractivity contribution in [3.63, 3.8) is 0 Å². The molecule has 1 unspecified atom stereocenters. The average Bonchev–Trinajstić information content (AvgIpc) is 2.31. The maximum Gasteiger partial charge on any atom is 0.176 e. The molecule has 1 aromatic rings. The molecule has 0 aliphatic heterocycles. The number of methoxy groups -OCH3 is 2. The zero-order valence-corrected chi connectivity index (χ0v) is 10.8. The molecule has 1 atom stereocenters. The van der Waals surface area contributed by atoms with Crippen LogP contribution in [0, 0.1) is 11.3 Å². The van der Waals surface area contributed by atoms with E-state index in [9.17, 15) is 0 Å². The number of nitriles is 1. The Hall–Kier alpha value is -1.28. The van der Waals surface area contributed by atoms with Crippen LogP contribution in [0.25, 0.3) is 0 Å². The zero-order valence-electron chi connectivity index (χ0n) is 10.0. The predicted molar refractivity (Wildman–Crippen MR) is 67.1 cm³/mol. The highest BCUT2D eigenvalue weighted by molar-refractivity contribution is 6.32. The van der Waals surface area contributed by atoms with E-state index in [1.165, 1.54) is 0 Å². The third-order valence-corrected chi connectivity index (χ3v) is 2.67. The van der Waals surface area contributed by atoms with Crippen molar-refractivity contribution in [3.05, 3.63) is 28.8 Å². The van der Waals surface area contributed by atoms with E-state index in [0.717, 1.165) is 5.69 Å². The Morgan fingerprint density at radius 3 is 2.47 bits per heavy atom. The van der Waals surface area contributed by atoms with Gasteiger partial charge >= 0.3 is 0 Å². The van der Waals surface area contributed by atoms with Crippen LogP contribution in [0.2, 0.25) is 5.02 Å². The topological polar surface area (TPSA) is 54.3 Å². The molecule has 92 valence electrons. The maximum atomic E-state index is 8.76. The van der Waals surface area contributed by atoms with Gasteiger partial charge in [-0.15, -0.1) is 0 Å². The molecular formula is C12H15ClN2O2. The van der Waals surface area contributed by atoms with E-state index in [0.29, 0.717) is 10.6 Å². The minimum Gasteiger partial charge on any atom is -0.377 e. The third-order valence-electron chi connectivity index (χ3n) is 2.36. The largest absolute Gasteiger partial charge is 0.377 e. The molecule has 0 aliphatic rings. The van der Waals surface area contributed by atoms with Gasteiger partial charge < -0.3 is 14.8 Å². The van der Waals surface area contributed by atoms with E-state index in [2.05, 4.69) is 5.32 Å². The Labute approximate surface area is 106 Å². The summed E-state index contributed by atoms with van der Waals surface area (Å²) in [4.78, 5) is 0. The average molecular weight is 255 g/mol. The Balaban J connectivity index is 2.76. The number of halogens is 1. The summed E-state index contributed by atoms with van der Waals surface area (Å²) in [6.07, 6.45) is -0.343. The molecule has 0 heterocycles. The Bertz CT molecular complexity index is 413. The van der Waals surface area contributed by atoms with Gasteiger partial charge in [-0.25, -0.2) is 0 Å². The van der Waals surface area contributed by atoms with Gasteiger partial charge in [0.05, 0.1) is 16.6 Å². The highest BCUT2D eigenvalue weighted by Gasteiger charge is 2.15. The van der Waals surface area contributed by atoms with Crippen LogP contribution in [0.15, 0.2) is 18.2 Å². The van der Waals surface area contributed by atoms with Crippen molar-refractivity contribution in [2.45, 2.75) is 19.3 Å². The van der Waals surface area contributed by atoms with Gasteiger partial charge in [-0.2, -0.15) is 5.26 Å². The van der Waals surface area contributed by atoms with Gasteiger partial charge in [0, 0.05) is 19.9 Å². The van der Waals surface area contributed by atoms with Gasteiger partial charge in [-0.1, -0.05) is 11.6 Å². The first-order valence-electron chi connectivity index (χ1n) is 5.14. The van der Waals surface area contributed by atoms with Crippen LogP contribution in [0.1, 0.15) is 12.5 Å². The van der Waals surface area contributed by atoms with Crippen LogP contribution in [0.5, 0.6) is 0 Å². The van der Waals surface area contributed by atoms with Crippen LogP contribution in [-0.2, 0) is 9.47 Å². The number of hydrogen-bond donors (Lipinski definition) is 1. The maximum absolute atomic E-state index is 8.76. The van der Waals surface area contributed by atoms with Gasteiger partial charge in [0.2, 0.25) is 0 Å². The summed E-state index contributed by atoms with van der Waals surface area (Å²) in [7, 11) is 3.16. The first-order valence-corrected chi connectivity index (χ1v) is 5.52. The predicted octanol–water partition coefficient (Wildman–Crippen LogP) is 2.63. The summed E-state index contributed by atoms with van der Waals surface area (Å²) in [5, 5.41) is 12.4. The lowest BCUT2D eigenvalue weighted by molar-refractivity contribution is -0.109. The second kappa shape index (κ2) is 6.45. The first-order chi connectivity index (χ1) is 8.12. The van der Waals surface area contributed by atoms with Crippen molar-refractivity contribution in [2.75, 3.05) is 19.5 Å². The standard InChI is InChI=1S/C12H15ClN2O2/c1-8(12(16-2)17-3)15-10-5-4-9(7-14)11(13)6-10/h4-6,8,12,15H,1-3H3. The Morgan fingerprint density at radius 1 is 1.35 bits per heavy atom. The molecule has 0 aromatic heterocycles. The third kappa shape index (κ3) is 3.60. The molecule has 0 fully saturated rings.